The van der Waals surface area contributed by atoms with E-state index in [1.165, 1.54) is 30.3 Å². The first kappa shape index (κ1) is 14.6. The number of aromatic nitrogens is 4. The summed E-state index contributed by atoms with van der Waals surface area (Å²) >= 11 is 0. The van der Waals surface area contributed by atoms with Crippen LogP contribution < -0.4 is 5.32 Å². The summed E-state index contributed by atoms with van der Waals surface area (Å²) in [5.41, 5.74) is -1.64. The zero-order valence-electron chi connectivity index (χ0n) is 11.3. The molecule has 0 aliphatic carbocycles. The van der Waals surface area contributed by atoms with E-state index >= 15 is 0 Å². The minimum Gasteiger partial charge on any atom is -0.479 e. The number of pyridine rings is 1. The lowest BCUT2D eigenvalue weighted by Crippen LogP contribution is -2.48. The molecule has 0 saturated heterocycles. The molecule has 2 aromatic heterocycles. The number of nitrogens with zero attached hydrogens (tertiary/aromatic N) is 4. The molecule has 0 aliphatic heterocycles. The Balaban J connectivity index is 2.14. The molecule has 9 heteroatoms. The molecule has 2 rings (SSSR count). The minimum absolute atomic E-state index is 0.334. The fourth-order valence-corrected chi connectivity index (χ4v) is 1.44. The van der Waals surface area contributed by atoms with Crippen molar-refractivity contribution in [1.82, 2.24) is 20.0 Å². The van der Waals surface area contributed by atoms with Crippen molar-refractivity contribution in [1.29, 1.82) is 0 Å². The van der Waals surface area contributed by atoms with Gasteiger partial charge in [-0.15, -0.1) is 4.80 Å². The molecule has 0 radical (unpaired) electrons. The van der Waals surface area contributed by atoms with Crippen molar-refractivity contribution < 1.29 is 19.4 Å². The second kappa shape index (κ2) is 5.67. The van der Waals surface area contributed by atoms with Gasteiger partial charge in [0.2, 0.25) is 5.60 Å². The minimum atomic E-state index is -1.97. The lowest BCUT2D eigenvalue weighted by atomic mass is 10.1. The Labute approximate surface area is 119 Å². The molecular weight excluding hydrogens is 278 g/mol. The number of hydrogen-bond acceptors (Lipinski definition) is 6. The van der Waals surface area contributed by atoms with E-state index in [1.807, 2.05) is 0 Å². The summed E-state index contributed by atoms with van der Waals surface area (Å²) in [5, 5.41) is 19.3. The van der Waals surface area contributed by atoms with Gasteiger partial charge in [0.05, 0.1) is 24.3 Å². The van der Waals surface area contributed by atoms with Crippen LogP contribution in [0.1, 0.15) is 6.92 Å². The van der Waals surface area contributed by atoms with Crippen LogP contribution in [0.2, 0.25) is 0 Å². The van der Waals surface area contributed by atoms with Crippen LogP contribution in [0.5, 0.6) is 0 Å². The third-order valence-electron chi connectivity index (χ3n) is 2.88. The number of ether oxygens (including phenoxy) is 1. The molecule has 1 atom stereocenters. The molecule has 0 aliphatic rings. The summed E-state index contributed by atoms with van der Waals surface area (Å²) < 4.78 is 4.76. The summed E-state index contributed by atoms with van der Waals surface area (Å²) in [7, 11) is 1.15. The first-order chi connectivity index (χ1) is 9.97. The van der Waals surface area contributed by atoms with E-state index in [-0.39, 0.29) is 0 Å². The third kappa shape index (κ3) is 2.87. The second-order valence-electron chi connectivity index (χ2n) is 4.22. The summed E-state index contributed by atoms with van der Waals surface area (Å²) in [6.45, 7) is 1.17. The Morgan fingerprint density at radius 1 is 1.33 bits per heavy atom. The number of carboxylic acids is 1. The van der Waals surface area contributed by atoms with Crippen LogP contribution >= 0.6 is 0 Å². The zero-order chi connectivity index (χ0) is 15.5. The summed E-state index contributed by atoms with van der Waals surface area (Å²) in [6.07, 6.45) is 4.39. The number of hydrogen-bond donors (Lipinski definition) is 2. The van der Waals surface area contributed by atoms with Crippen molar-refractivity contribution in [2.24, 2.45) is 0 Å². The largest absolute Gasteiger partial charge is 0.479 e. The van der Waals surface area contributed by atoms with E-state index in [4.69, 9.17) is 9.84 Å². The fraction of sp³-hybridized carbons (Fsp3) is 0.250. The molecule has 1 unspecified atom stereocenters. The third-order valence-corrected chi connectivity index (χ3v) is 2.88. The lowest BCUT2D eigenvalue weighted by Gasteiger charge is -2.21. The van der Waals surface area contributed by atoms with Crippen LogP contribution in [0, 0.1) is 0 Å². The van der Waals surface area contributed by atoms with Gasteiger partial charge in [-0.2, -0.15) is 10.2 Å². The van der Waals surface area contributed by atoms with Gasteiger partial charge >= 0.3 is 5.97 Å². The molecule has 0 fully saturated rings. The van der Waals surface area contributed by atoms with Crippen molar-refractivity contribution in [2.45, 2.75) is 12.5 Å². The quantitative estimate of drug-likeness (QED) is 0.749. The normalized spacial score (nSPS) is 13.4. The molecule has 2 heterocycles. The van der Waals surface area contributed by atoms with E-state index < -0.39 is 17.5 Å². The van der Waals surface area contributed by atoms with Crippen molar-refractivity contribution in [3.05, 3.63) is 30.7 Å². The highest BCUT2D eigenvalue weighted by atomic mass is 16.5. The predicted octanol–water partition coefficient (Wildman–Crippen LogP) is 0.0905. The Kier molecular flexibility index (Phi) is 3.94. The standard InChI is InChI=1S/C12H13N5O4/c1-12(21-2,11(19)20)10(18)16-8-3-4-9(13-7-8)17-14-5-6-15-17/h3-7H,1-2H3,(H,16,18)(H,19,20). The zero-order valence-corrected chi connectivity index (χ0v) is 11.3. The Hall–Kier alpha value is -2.81. The van der Waals surface area contributed by atoms with Crippen LogP contribution in [-0.4, -0.2) is 49.7 Å². The van der Waals surface area contributed by atoms with E-state index in [9.17, 15) is 9.59 Å². The average Bonchev–Trinajstić information content (AvgIpc) is 3.01. The van der Waals surface area contributed by atoms with Gasteiger partial charge in [0.15, 0.2) is 5.82 Å². The number of carboxylic acid groups (broad SMARTS) is 1. The van der Waals surface area contributed by atoms with Gasteiger partial charge in [-0.25, -0.2) is 9.78 Å². The van der Waals surface area contributed by atoms with Gasteiger partial charge in [-0.3, -0.25) is 4.79 Å². The van der Waals surface area contributed by atoms with Crippen molar-refractivity contribution >= 4 is 17.6 Å². The van der Waals surface area contributed by atoms with Gasteiger partial charge in [-0.05, 0) is 19.1 Å². The van der Waals surface area contributed by atoms with Crippen LogP contribution in [0.4, 0.5) is 5.69 Å². The highest BCUT2D eigenvalue weighted by molar-refractivity contribution is 6.11. The molecule has 0 aromatic carbocycles. The molecular formula is C12H13N5O4. The van der Waals surface area contributed by atoms with E-state index in [1.54, 1.807) is 12.1 Å². The molecule has 2 N–H and O–H groups in total. The monoisotopic (exact) mass is 291 g/mol. The molecule has 110 valence electrons. The molecule has 9 nitrogen and oxygen atoms in total. The van der Waals surface area contributed by atoms with Crippen LogP contribution in [0.3, 0.4) is 0 Å². The maximum absolute atomic E-state index is 11.9. The first-order valence-corrected chi connectivity index (χ1v) is 5.90. The average molecular weight is 291 g/mol. The SMILES string of the molecule is COC(C)(C(=O)O)C(=O)Nc1ccc(-n2nccn2)nc1. The van der Waals surface area contributed by atoms with Gasteiger partial charge in [0, 0.05) is 7.11 Å². The smallest absolute Gasteiger partial charge is 0.345 e. The van der Waals surface area contributed by atoms with Crippen molar-refractivity contribution in [3.8, 4) is 5.82 Å². The molecule has 0 bridgehead atoms. The highest BCUT2D eigenvalue weighted by Gasteiger charge is 2.41. The number of methoxy groups -OCH3 is 1. The highest BCUT2D eigenvalue weighted by Crippen LogP contribution is 2.15. The van der Waals surface area contributed by atoms with E-state index in [2.05, 4.69) is 20.5 Å². The maximum atomic E-state index is 11.9. The topological polar surface area (TPSA) is 119 Å². The summed E-state index contributed by atoms with van der Waals surface area (Å²) in [5.74, 6) is -1.72. The van der Waals surface area contributed by atoms with Gasteiger partial charge in [0.25, 0.3) is 5.91 Å². The number of nitrogens with one attached hydrogen (secondary N) is 1. The maximum Gasteiger partial charge on any atom is 0.345 e. The molecule has 0 spiro atoms. The molecule has 0 saturated carbocycles. The van der Waals surface area contributed by atoms with Crippen LogP contribution in [-0.2, 0) is 14.3 Å². The number of amides is 1. The Morgan fingerprint density at radius 3 is 2.48 bits per heavy atom. The first-order valence-electron chi connectivity index (χ1n) is 5.90. The number of aliphatic carboxylic acids is 1. The van der Waals surface area contributed by atoms with Crippen LogP contribution in [0.15, 0.2) is 30.7 Å². The van der Waals surface area contributed by atoms with Gasteiger partial charge < -0.3 is 15.2 Å². The van der Waals surface area contributed by atoms with Crippen molar-refractivity contribution in [2.75, 3.05) is 12.4 Å². The van der Waals surface area contributed by atoms with Gasteiger partial charge in [-0.1, -0.05) is 0 Å². The Bertz CT molecular complexity index is 640. The Morgan fingerprint density at radius 2 is 2.00 bits per heavy atom. The molecule has 21 heavy (non-hydrogen) atoms. The van der Waals surface area contributed by atoms with Gasteiger partial charge in [0.1, 0.15) is 0 Å². The second-order valence-corrected chi connectivity index (χ2v) is 4.22. The summed E-state index contributed by atoms with van der Waals surface area (Å²) in [4.78, 5) is 28.4. The fourth-order valence-electron chi connectivity index (χ4n) is 1.44. The van der Waals surface area contributed by atoms with Crippen LogP contribution in [0.25, 0.3) is 5.82 Å². The van der Waals surface area contributed by atoms with Crippen molar-refractivity contribution in [3.63, 3.8) is 0 Å². The van der Waals surface area contributed by atoms with E-state index in [0.717, 1.165) is 7.11 Å². The lowest BCUT2D eigenvalue weighted by molar-refractivity contribution is -0.165. The number of rotatable bonds is 5. The molecule has 1 amide bonds. The van der Waals surface area contributed by atoms with E-state index in [0.29, 0.717) is 11.5 Å². The number of carbonyl (C=O) groups excluding carboxylic acids is 1. The number of anilines is 1. The number of carbonyl (C=O) groups is 2. The molecule has 2 aromatic rings. The summed E-state index contributed by atoms with van der Waals surface area (Å²) in [6, 6.07) is 3.14. The predicted molar refractivity (Wildman–Crippen MR) is 70.8 cm³/mol.